The number of pyridine rings is 1. The summed E-state index contributed by atoms with van der Waals surface area (Å²) in [5.41, 5.74) is 2.29. The maximum absolute atomic E-state index is 13.6. The van der Waals surface area contributed by atoms with Gasteiger partial charge < -0.3 is 19.4 Å². The summed E-state index contributed by atoms with van der Waals surface area (Å²) < 4.78 is 19.0. The standard InChI is InChI=1S/C29H29FN4O2/c1-3-34(22-14-12-21(30)13-15-22)29(35)25-20-31-28(24-9-5-4-8-23(24)25)33-18-16-32(17-19-33)26-10-6-7-11-27(26)36-2/h4-15,20H,3,16-19H2,1-2H3. The third-order valence-corrected chi connectivity index (χ3v) is 6.71. The molecular weight excluding hydrogens is 455 g/mol. The number of hydrogen-bond acceptors (Lipinski definition) is 5. The normalized spacial score (nSPS) is 13.6. The Labute approximate surface area is 210 Å². The number of benzene rings is 3. The number of fused-ring (bicyclic) bond motifs is 1. The van der Waals surface area contributed by atoms with Crippen molar-refractivity contribution in [2.24, 2.45) is 0 Å². The molecular formula is C29H29FN4O2. The van der Waals surface area contributed by atoms with Crippen LogP contribution in [-0.4, -0.2) is 50.7 Å². The zero-order valence-corrected chi connectivity index (χ0v) is 20.5. The molecule has 6 nitrogen and oxygen atoms in total. The van der Waals surface area contributed by atoms with Crippen LogP contribution in [0.3, 0.4) is 0 Å². The van der Waals surface area contributed by atoms with Gasteiger partial charge in [0.05, 0.1) is 18.4 Å². The summed E-state index contributed by atoms with van der Waals surface area (Å²) in [5, 5.41) is 1.81. The van der Waals surface area contributed by atoms with Crippen LogP contribution >= 0.6 is 0 Å². The lowest BCUT2D eigenvalue weighted by atomic mass is 10.0. The van der Waals surface area contributed by atoms with Crippen molar-refractivity contribution in [1.29, 1.82) is 0 Å². The number of nitrogens with zero attached hydrogens (tertiary/aromatic N) is 4. The molecule has 0 spiro atoms. The topological polar surface area (TPSA) is 48.9 Å². The number of carbonyl (C=O) groups excluding carboxylic acids is 1. The Morgan fingerprint density at radius 3 is 2.25 bits per heavy atom. The summed E-state index contributed by atoms with van der Waals surface area (Å²) in [5.74, 6) is 1.27. The number of halogens is 1. The van der Waals surface area contributed by atoms with E-state index in [4.69, 9.17) is 9.72 Å². The second kappa shape index (κ2) is 10.2. The Morgan fingerprint density at radius 2 is 1.56 bits per heavy atom. The van der Waals surface area contributed by atoms with Crippen molar-refractivity contribution >= 4 is 33.9 Å². The van der Waals surface area contributed by atoms with Crippen LogP contribution in [0.1, 0.15) is 17.3 Å². The molecule has 1 fully saturated rings. The highest BCUT2D eigenvalue weighted by molar-refractivity contribution is 6.15. The Kier molecular flexibility index (Phi) is 6.71. The minimum atomic E-state index is -0.329. The van der Waals surface area contributed by atoms with Gasteiger partial charge in [-0.05, 0) is 48.7 Å². The van der Waals surface area contributed by atoms with Gasteiger partial charge in [0.15, 0.2) is 0 Å². The van der Waals surface area contributed by atoms with Gasteiger partial charge in [-0.1, -0.05) is 36.4 Å². The largest absolute Gasteiger partial charge is 0.495 e. The highest BCUT2D eigenvalue weighted by Crippen LogP contribution is 2.32. The molecule has 1 aliphatic heterocycles. The predicted octanol–water partition coefficient (Wildman–Crippen LogP) is 5.38. The number of carbonyl (C=O) groups is 1. The molecule has 1 aliphatic rings. The summed E-state index contributed by atoms with van der Waals surface area (Å²) in [4.78, 5) is 24.6. The lowest BCUT2D eigenvalue weighted by Gasteiger charge is -2.37. The quantitative estimate of drug-likeness (QED) is 0.368. The van der Waals surface area contributed by atoms with E-state index in [9.17, 15) is 9.18 Å². The first-order valence-corrected chi connectivity index (χ1v) is 12.2. The van der Waals surface area contributed by atoms with Crippen molar-refractivity contribution in [3.63, 3.8) is 0 Å². The van der Waals surface area contributed by atoms with Gasteiger partial charge in [-0.3, -0.25) is 4.79 Å². The monoisotopic (exact) mass is 484 g/mol. The van der Waals surface area contributed by atoms with Crippen molar-refractivity contribution in [3.05, 3.63) is 90.4 Å². The molecule has 0 aliphatic carbocycles. The number of piperazine rings is 1. The maximum Gasteiger partial charge on any atom is 0.260 e. The van der Waals surface area contributed by atoms with E-state index in [0.717, 1.165) is 54.2 Å². The first-order chi connectivity index (χ1) is 17.6. The number of ether oxygens (including phenoxy) is 1. The van der Waals surface area contributed by atoms with Gasteiger partial charge in [0.25, 0.3) is 5.91 Å². The third-order valence-electron chi connectivity index (χ3n) is 6.71. The number of amides is 1. The zero-order chi connectivity index (χ0) is 25.1. The molecule has 1 amide bonds. The number of rotatable bonds is 6. The Bertz CT molecular complexity index is 1370. The smallest absolute Gasteiger partial charge is 0.260 e. The second-order valence-electron chi connectivity index (χ2n) is 8.71. The highest BCUT2D eigenvalue weighted by atomic mass is 19.1. The van der Waals surface area contributed by atoms with Crippen molar-refractivity contribution in [3.8, 4) is 5.75 Å². The van der Waals surface area contributed by atoms with Crippen molar-refractivity contribution < 1.29 is 13.9 Å². The Morgan fingerprint density at radius 1 is 0.917 bits per heavy atom. The first-order valence-electron chi connectivity index (χ1n) is 12.2. The fourth-order valence-corrected chi connectivity index (χ4v) is 4.86. The van der Waals surface area contributed by atoms with Crippen LogP contribution in [-0.2, 0) is 0 Å². The van der Waals surface area contributed by atoms with E-state index in [-0.39, 0.29) is 11.7 Å². The van der Waals surface area contributed by atoms with Gasteiger partial charge in [-0.15, -0.1) is 0 Å². The lowest BCUT2D eigenvalue weighted by Crippen LogP contribution is -2.47. The summed E-state index contributed by atoms with van der Waals surface area (Å²) in [6.07, 6.45) is 1.68. The van der Waals surface area contributed by atoms with Gasteiger partial charge >= 0.3 is 0 Å². The van der Waals surface area contributed by atoms with Gasteiger partial charge in [0.1, 0.15) is 17.4 Å². The van der Waals surface area contributed by atoms with Crippen LogP contribution in [0.4, 0.5) is 21.6 Å². The van der Waals surface area contributed by atoms with E-state index in [0.29, 0.717) is 17.8 Å². The van der Waals surface area contributed by atoms with Crippen molar-refractivity contribution in [1.82, 2.24) is 4.98 Å². The minimum Gasteiger partial charge on any atom is -0.495 e. The fourth-order valence-electron chi connectivity index (χ4n) is 4.86. The second-order valence-corrected chi connectivity index (χ2v) is 8.71. The SMILES string of the molecule is CCN(C(=O)c1cnc(N2CCN(c3ccccc3OC)CC2)c2ccccc12)c1ccc(F)cc1. The summed E-state index contributed by atoms with van der Waals surface area (Å²) in [7, 11) is 1.70. The van der Waals surface area contributed by atoms with Crippen LogP contribution in [0.15, 0.2) is 79.0 Å². The van der Waals surface area contributed by atoms with Crippen LogP contribution in [0, 0.1) is 5.82 Å². The van der Waals surface area contributed by atoms with Crippen molar-refractivity contribution in [2.75, 3.05) is 54.5 Å². The van der Waals surface area contributed by atoms with E-state index >= 15 is 0 Å². The van der Waals surface area contributed by atoms with Gasteiger partial charge in [0.2, 0.25) is 0 Å². The van der Waals surface area contributed by atoms with Crippen LogP contribution in [0.2, 0.25) is 0 Å². The molecule has 184 valence electrons. The van der Waals surface area contributed by atoms with Crippen LogP contribution < -0.4 is 19.4 Å². The molecule has 1 saturated heterocycles. The minimum absolute atomic E-state index is 0.152. The molecule has 1 aromatic heterocycles. The highest BCUT2D eigenvalue weighted by Gasteiger charge is 2.25. The molecule has 0 saturated carbocycles. The fraction of sp³-hybridized carbons (Fsp3) is 0.241. The molecule has 0 radical (unpaired) electrons. The maximum atomic E-state index is 13.6. The molecule has 0 bridgehead atoms. The molecule has 0 atom stereocenters. The van der Waals surface area contributed by atoms with Gasteiger partial charge in [-0.25, -0.2) is 9.37 Å². The third kappa shape index (κ3) is 4.44. The van der Waals surface area contributed by atoms with Gasteiger partial charge in [0, 0.05) is 50.0 Å². The molecule has 2 heterocycles. The summed E-state index contributed by atoms with van der Waals surface area (Å²) in [6.45, 7) is 5.66. The molecule has 5 rings (SSSR count). The number of anilines is 3. The molecule has 0 unspecified atom stereocenters. The zero-order valence-electron chi connectivity index (χ0n) is 20.5. The number of aromatic nitrogens is 1. The molecule has 0 N–H and O–H groups in total. The first kappa shape index (κ1) is 23.6. The van der Waals surface area contributed by atoms with E-state index in [1.807, 2.05) is 49.4 Å². The number of hydrogen-bond donors (Lipinski definition) is 0. The lowest BCUT2D eigenvalue weighted by molar-refractivity contribution is 0.0989. The van der Waals surface area contributed by atoms with Crippen molar-refractivity contribution in [2.45, 2.75) is 6.92 Å². The molecule has 36 heavy (non-hydrogen) atoms. The van der Waals surface area contributed by atoms with E-state index < -0.39 is 0 Å². The number of methoxy groups -OCH3 is 1. The number of para-hydroxylation sites is 2. The molecule has 3 aromatic carbocycles. The average Bonchev–Trinajstić information content (AvgIpc) is 2.94. The van der Waals surface area contributed by atoms with E-state index in [1.54, 1.807) is 30.3 Å². The summed E-state index contributed by atoms with van der Waals surface area (Å²) in [6, 6.07) is 22.0. The average molecular weight is 485 g/mol. The van der Waals surface area contributed by atoms with Crippen LogP contribution in [0.5, 0.6) is 5.75 Å². The van der Waals surface area contributed by atoms with Crippen LogP contribution in [0.25, 0.3) is 10.8 Å². The Balaban J connectivity index is 1.42. The van der Waals surface area contributed by atoms with E-state index in [1.165, 1.54) is 12.1 Å². The van der Waals surface area contributed by atoms with E-state index in [2.05, 4.69) is 15.9 Å². The molecule has 4 aromatic rings. The summed E-state index contributed by atoms with van der Waals surface area (Å²) >= 11 is 0. The molecule has 7 heteroatoms. The predicted molar refractivity (Wildman–Crippen MR) is 143 cm³/mol. The Hall–Kier alpha value is -4.13. The van der Waals surface area contributed by atoms with Gasteiger partial charge in [-0.2, -0.15) is 0 Å².